The van der Waals surface area contributed by atoms with Crippen LogP contribution in [-0.4, -0.2) is 9.97 Å². The fourth-order valence-electron chi connectivity index (χ4n) is 1.96. The maximum atomic E-state index is 12.0. The van der Waals surface area contributed by atoms with Crippen LogP contribution in [0.2, 0.25) is 0 Å². The molecule has 0 saturated carbocycles. The molecule has 0 atom stereocenters. The van der Waals surface area contributed by atoms with Gasteiger partial charge in [0.15, 0.2) is 0 Å². The van der Waals surface area contributed by atoms with Crippen LogP contribution in [0.3, 0.4) is 0 Å². The number of nitrogens with one attached hydrogen (secondary N) is 1. The monoisotopic (exact) mass is 314 g/mol. The van der Waals surface area contributed by atoms with E-state index in [2.05, 4.69) is 25.9 Å². The number of benzene rings is 2. The lowest BCUT2D eigenvalue weighted by atomic mass is 10.1. The first-order valence-electron chi connectivity index (χ1n) is 5.91. The summed E-state index contributed by atoms with van der Waals surface area (Å²) in [6, 6.07) is 13.2. The van der Waals surface area contributed by atoms with E-state index in [0.717, 1.165) is 15.6 Å². The Balaban J connectivity index is 2.25. The zero-order valence-corrected chi connectivity index (χ0v) is 11.9. The largest absolute Gasteiger partial charge is 0.306 e. The molecule has 19 heavy (non-hydrogen) atoms. The molecule has 1 N–H and O–H groups in total. The van der Waals surface area contributed by atoms with Gasteiger partial charge >= 0.3 is 0 Å². The summed E-state index contributed by atoms with van der Waals surface area (Å²) in [7, 11) is 0. The van der Waals surface area contributed by atoms with Crippen LogP contribution in [0.25, 0.3) is 22.3 Å². The van der Waals surface area contributed by atoms with E-state index in [1.165, 1.54) is 0 Å². The quantitative estimate of drug-likeness (QED) is 0.745. The van der Waals surface area contributed by atoms with E-state index >= 15 is 0 Å². The molecule has 0 aliphatic rings. The van der Waals surface area contributed by atoms with Gasteiger partial charge in [-0.05, 0) is 30.7 Å². The van der Waals surface area contributed by atoms with Gasteiger partial charge in [0, 0.05) is 10.0 Å². The van der Waals surface area contributed by atoms with Gasteiger partial charge < -0.3 is 4.98 Å². The molecular weight excluding hydrogens is 304 g/mol. The molecule has 0 fully saturated rings. The molecule has 3 aromatic rings. The minimum atomic E-state index is -0.114. The Morgan fingerprint density at radius 3 is 2.74 bits per heavy atom. The first kappa shape index (κ1) is 12.1. The molecule has 3 nitrogen and oxygen atoms in total. The van der Waals surface area contributed by atoms with E-state index < -0.39 is 0 Å². The molecule has 94 valence electrons. The first-order valence-corrected chi connectivity index (χ1v) is 6.70. The second-order valence-electron chi connectivity index (χ2n) is 4.40. The normalized spacial score (nSPS) is 10.8. The first-order chi connectivity index (χ1) is 9.15. The van der Waals surface area contributed by atoms with Crippen molar-refractivity contribution >= 4 is 26.8 Å². The van der Waals surface area contributed by atoms with Crippen molar-refractivity contribution in [2.45, 2.75) is 6.92 Å². The third-order valence-corrected chi connectivity index (χ3v) is 3.91. The van der Waals surface area contributed by atoms with Gasteiger partial charge in [0.05, 0.1) is 10.9 Å². The second-order valence-corrected chi connectivity index (χ2v) is 5.25. The van der Waals surface area contributed by atoms with Crippen LogP contribution in [-0.2, 0) is 0 Å². The number of H-pyrrole nitrogens is 1. The van der Waals surface area contributed by atoms with Crippen molar-refractivity contribution in [1.29, 1.82) is 0 Å². The zero-order chi connectivity index (χ0) is 13.4. The van der Waals surface area contributed by atoms with Crippen LogP contribution in [0.1, 0.15) is 5.56 Å². The Hall–Kier alpha value is -1.94. The number of rotatable bonds is 1. The molecule has 0 unspecified atom stereocenters. The number of para-hydroxylation sites is 1. The lowest BCUT2D eigenvalue weighted by molar-refractivity contribution is 1.18. The van der Waals surface area contributed by atoms with Gasteiger partial charge in [-0.15, -0.1) is 0 Å². The summed E-state index contributed by atoms with van der Waals surface area (Å²) in [6.45, 7) is 2.02. The van der Waals surface area contributed by atoms with Crippen molar-refractivity contribution < 1.29 is 0 Å². The Bertz CT molecular complexity index is 824. The summed E-state index contributed by atoms with van der Waals surface area (Å²) in [5.41, 5.74) is 2.63. The van der Waals surface area contributed by atoms with Gasteiger partial charge in [-0.1, -0.05) is 40.2 Å². The summed E-state index contributed by atoms with van der Waals surface area (Å²) in [6.07, 6.45) is 0. The predicted molar refractivity (Wildman–Crippen MR) is 80.2 cm³/mol. The third-order valence-electron chi connectivity index (χ3n) is 3.06. The van der Waals surface area contributed by atoms with Crippen molar-refractivity contribution in [3.05, 3.63) is 62.9 Å². The number of fused-ring (bicyclic) bond motifs is 1. The van der Waals surface area contributed by atoms with Gasteiger partial charge in [-0.2, -0.15) is 0 Å². The van der Waals surface area contributed by atoms with Crippen LogP contribution in [0.15, 0.2) is 51.7 Å². The second kappa shape index (κ2) is 4.63. The number of halogens is 1. The average Bonchev–Trinajstić information content (AvgIpc) is 2.42. The maximum Gasteiger partial charge on any atom is 0.259 e. The van der Waals surface area contributed by atoms with E-state index in [1.54, 1.807) is 6.07 Å². The van der Waals surface area contributed by atoms with E-state index in [-0.39, 0.29) is 5.56 Å². The summed E-state index contributed by atoms with van der Waals surface area (Å²) < 4.78 is 1.00. The number of aromatic amines is 1. The van der Waals surface area contributed by atoms with Crippen LogP contribution in [0.5, 0.6) is 0 Å². The van der Waals surface area contributed by atoms with Crippen LogP contribution in [0, 0.1) is 6.92 Å². The molecule has 0 aliphatic heterocycles. The van der Waals surface area contributed by atoms with E-state index in [1.807, 2.05) is 43.3 Å². The predicted octanol–water partition coefficient (Wildman–Crippen LogP) is 3.66. The van der Waals surface area contributed by atoms with Crippen molar-refractivity contribution in [2.24, 2.45) is 0 Å². The molecule has 0 aliphatic carbocycles. The minimum Gasteiger partial charge on any atom is -0.306 e. The van der Waals surface area contributed by atoms with E-state index in [4.69, 9.17) is 0 Å². The number of nitrogens with zero attached hydrogens (tertiary/aromatic N) is 1. The van der Waals surface area contributed by atoms with E-state index in [9.17, 15) is 4.79 Å². The summed E-state index contributed by atoms with van der Waals surface area (Å²) in [5, 5.41) is 0.609. The van der Waals surface area contributed by atoms with Crippen molar-refractivity contribution in [2.75, 3.05) is 0 Å². The molecular formula is C15H11BrN2O. The molecule has 0 amide bonds. The number of hydrogen-bond acceptors (Lipinski definition) is 2. The highest BCUT2D eigenvalue weighted by atomic mass is 79.9. The molecule has 2 aromatic carbocycles. The van der Waals surface area contributed by atoms with E-state index in [0.29, 0.717) is 16.7 Å². The standard InChI is InChI=1S/C15H11BrN2O/c1-9-6-7-10(8-12(9)16)14-17-13-5-3-2-4-11(13)15(19)18-14/h2-8H,1H3,(H,17,18,19). The highest BCUT2D eigenvalue weighted by molar-refractivity contribution is 9.10. The Kier molecular flexibility index (Phi) is 2.95. The number of aromatic nitrogens is 2. The summed E-state index contributed by atoms with van der Waals surface area (Å²) in [4.78, 5) is 19.3. The van der Waals surface area contributed by atoms with Crippen molar-refractivity contribution in [1.82, 2.24) is 9.97 Å². The lowest BCUT2D eigenvalue weighted by Gasteiger charge is -2.05. The topological polar surface area (TPSA) is 45.8 Å². The molecule has 0 radical (unpaired) electrons. The molecule has 0 bridgehead atoms. The van der Waals surface area contributed by atoms with Gasteiger partial charge in [0.1, 0.15) is 5.82 Å². The fraction of sp³-hybridized carbons (Fsp3) is 0.0667. The highest BCUT2D eigenvalue weighted by Crippen LogP contribution is 2.23. The van der Waals surface area contributed by atoms with Crippen molar-refractivity contribution in [3.8, 4) is 11.4 Å². The average molecular weight is 315 g/mol. The summed E-state index contributed by atoms with van der Waals surface area (Å²) >= 11 is 3.49. The SMILES string of the molecule is Cc1ccc(-c2nc3ccccc3c(=O)[nH]2)cc1Br. The van der Waals surface area contributed by atoms with Crippen LogP contribution in [0.4, 0.5) is 0 Å². The molecule has 1 heterocycles. The minimum absolute atomic E-state index is 0.114. The molecule has 3 rings (SSSR count). The number of hydrogen-bond donors (Lipinski definition) is 1. The van der Waals surface area contributed by atoms with Gasteiger partial charge in [0.2, 0.25) is 0 Å². The van der Waals surface area contributed by atoms with Crippen LogP contribution < -0.4 is 5.56 Å². The zero-order valence-electron chi connectivity index (χ0n) is 10.3. The van der Waals surface area contributed by atoms with Gasteiger partial charge in [-0.25, -0.2) is 4.98 Å². The smallest absolute Gasteiger partial charge is 0.259 e. The highest BCUT2D eigenvalue weighted by Gasteiger charge is 2.06. The Morgan fingerprint density at radius 1 is 1.16 bits per heavy atom. The molecule has 4 heteroatoms. The lowest BCUT2D eigenvalue weighted by Crippen LogP contribution is -2.09. The van der Waals surface area contributed by atoms with Gasteiger partial charge in [-0.3, -0.25) is 4.79 Å². The summed E-state index contributed by atoms with van der Waals surface area (Å²) in [5.74, 6) is 0.587. The fourth-order valence-corrected chi connectivity index (χ4v) is 2.34. The number of aryl methyl sites for hydroxylation is 1. The third kappa shape index (κ3) is 2.19. The molecule has 0 saturated heterocycles. The molecule has 1 aromatic heterocycles. The van der Waals surface area contributed by atoms with Crippen molar-refractivity contribution in [3.63, 3.8) is 0 Å². The van der Waals surface area contributed by atoms with Crippen LogP contribution >= 0.6 is 15.9 Å². The van der Waals surface area contributed by atoms with Gasteiger partial charge in [0.25, 0.3) is 5.56 Å². The Labute approximate surface area is 118 Å². The maximum absolute atomic E-state index is 12.0. The molecule has 0 spiro atoms. The Morgan fingerprint density at radius 2 is 1.95 bits per heavy atom.